The maximum atomic E-state index is 12.6. The average molecular weight is 284 g/mol. The van der Waals surface area contributed by atoms with Crippen LogP contribution in [0.4, 0.5) is 5.69 Å². The lowest BCUT2D eigenvalue weighted by atomic mass is 9.93. The van der Waals surface area contributed by atoms with Gasteiger partial charge in [-0.1, -0.05) is 24.3 Å². The second-order valence-corrected chi connectivity index (χ2v) is 5.17. The summed E-state index contributed by atoms with van der Waals surface area (Å²) in [6.45, 7) is 0.363. The average Bonchev–Trinajstić information content (AvgIpc) is 2.91. The third-order valence-corrected chi connectivity index (χ3v) is 3.77. The third-order valence-electron chi connectivity index (χ3n) is 3.77. The number of anilines is 1. The molecule has 2 aromatic rings. The van der Waals surface area contributed by atoms with Gasteiger partial charge in [-0.3, -0.25) is 9.59 Å². The summed E-state index contributed by atoms with van der Waals surface area (Å²) < 4.78 is 0. The van der Waals surface area contributed by atoms with Crippen LogP contribution in [0.5, 0.6) is 0 Å². The van der Waals surface area contributed by atoms with Crippen molar-refractivity contribution in [2.45, 2.75) is 19.0 Å². The first-order valence-electron chi connectivity index (χ1n) is 6.67. The number of fused-ring (bicyclic) bond motifs is 1. The molecule has 21 heavy (non-hydrogen) atoms. The van der Waals surface area contributed by atoms with Gasteiger partial charge in [-0.25, -0.2) is 0 Å². The fourth-order valence-electron chi connectivity index (χ4n) is 2.68. The predicted molar refractivity (Wildman–Crippen MR) is 78.2 cm³/mol. The first-order valence-corrected chi connectivity index (χ1v) is 6.67. The molecule has 1 aliphatic rings. The number of rotatable bonds is 2. The number of hydrogen-bond acceptors (Lipinski definition) is 3. The number of hydrogen-bond donors (Lipinski definition) is 3. The number of primary amides is 1. The Kier molecular flexibility index (Phi) is 3.13. The molecule has 1 aromatic heterocycles. The summed E-state index contributed by atoms with van der Waals surface area (Å²) >= 11 is 0. The molecule has 0 bridgehead atoms. The monoisotopic (exact) mass is 284 g/mol. The van der Waals surface area contributed by atoms with E-state index in [1.807, 2.05) is 24.3 Å². The Hall–Kier alpha value is -2.76. The molecule has 6 heteroatoms. The van der Waals surface area contributed by atoms with Crippen molar-refractivity contribution in [3.05, 3.63) is 53.3 Å². The van der Waals surface area contributed by atoms with Crippen LogP contribution in [-0.2, 0) is 17.8 Å². The van der Waals surface area contributed by atoms with Gasteiger partial charge in [-0.05, 0) is 17.2 Å². The minimum atomic E-state index is -0.642. The van der Waals surface area contributed by atoms with E-state index in [1.165, 1.54) is 4.90 Å². The lowest BCUT2D eigenvalue weighted by molar-refractivity contribution is -0.122. The highest BCUT2D eigenvalue weighted by Gasteiger charge is 2.34. The summed E-state index contributed by atoms with van der Waals surface area (Å²) in [7, 11) is 0. The predicted octanol–water partition coefficient (Wildman–Crippen LogP) is 0.649. The Morgan fingerprint density at radius 2 is 1.95 bits per heavy atom. The summed E-state index contributed by atoms with van der Waals surface area (Å²) in [6, 6.07) is 8.66. The molecule has 1 aromatic carbocycles. The zero-order chi connectivity index (χ0) is 15.0. The highest BCUT2D eigenvalue weighted by Crippen LogP contribution is 2.25. The van der Waals surface area contributed by atoms with Gasteiger partial charge in [0.2, 0.25) is 5.91 Å². The first kappa shape index (κ1) is 13.2. The van der Waals surface area contributed by atoms with Crippen molar-refractivity contribution >= 4 is 17.5 Å². The number of nitrogen functional groups attached to an aromatic ring is 1. The van der Waals surface area contributed by atoms with Crippen molar-refractivity contribution in [3.8, 4) is 0 Å². The molecule has 3 rings (SSSR count). The molecule has 0 aliphatic carbocycles. The number of nitrogens with zero attached hydrogens (tertiary/aromatic N) is 1. The summed E-state index contributed by atoms with van der Waals surface area (Å²) in [5, 5.41) is 0. The lowest BCUT2D eigenvalue weighted by Crippen LogP contribution is -2.51. The Bertz CT molecular complexity index is 707. The molecule has 1 atom stereocenters. The largest absolute Gasteiger partial charge is 0.397 e. The van der Waals surface area contributed by atoms with Crippen LogP contribution in [-0.4, -0.2) is 27.7 Å². The number of aromatic amines is 1. The van der Waals surface area contributed by atoms with Gasteiger partial charge in [-0.2, -0.15) is 0 Å². The summed E-state index contributed by atoms with van der Waals surface area (Å²) in [4.78, 5) is 28.6. The van der Waals surface area contributed by atoms with Crippen molar-refractivity contribution in [2.75, 3.05) is 5.73 Å². The quantitative estimate of drug-likeness (QED) is 0.754. The van der Waals surface area contributed by atoms with Crippen LogP contribution in [0.3, 0.4) is 0 Å². The Morgan fingerprint density at radius 1 is 1.24 bits per heavy atom. The van der Waals surface area contributed by atoms with Crippen LogP contribution in [0.15, 0.2) is 36.5 Å². The van der Waals surface area contributed by atoms with E-state index < -0.39 is 11.9 Å². The van der Waals surface area contributed by atoms with Crippen LogP contribution >= 0.6 is 0 Å². The van der Waals surface area contributed by atoms with Gasteiger partial charge in [-0.15, -0.1) is 0 Å². The van der Waals surface area contributed by atoms with E-state index in [-0.39, 0.29) is 5.91 Å². The molecule has 0 saturated heterocycles. The number of aromatic nitrogens is 1. The third kappa shape index (κ3) is 2.35. The van der Waals surface area contributed by atoms with E-state index in [2.05, 4.69) is 4.98 Å². The number of carbonyl (C=O) groups is 2. The van der Waals surface area contributed by atoms with Crippen molar-refractivity contribution < 1.29 is 9.59 Å². The van der Waals surface area contributed by atoms with Gasteiger partial charge >= 0.3 is 0 Å². The molecule has 2 amide bonds. The van der Waals surface area contributed by atoms with Crippen molar-refractivity contribution in [1.82, 2.24) is 9.88 Å². The Labute approximate surface area is 121 Å². The van der Waals surface area contributed by atoms with E-state index in [9.17, 15) is 9.59 Å². The van der Waals surface area contributed by atoms with E-state index in [0.29, 0.717) is 24.3 Å². The summed E-state index contributed by atoms with van der Waals surface area (Å²) in [5.74, 6) is -0.776. The van der Waals surface area contributed by atoms with Crippen molar-refractivity contribution in [3.63, 3.8) is 0 Å². The first-order chi connectivity index (χ1) is 10.1. The highest BCUT2D eigenvalue weighted by atomic mass is 16.2. The van der Waals surface area contributed by atoms with Gasteiger partial charge in [0.25, 0.3) is 5.91 Å². The molecule has 1 aliphatic heterocycles. The normalized spacial score (nSPS) is 17.3. The molecule has 5 N–H and O–H groups in total. The van der Waals surface area contributed by atoms with Crippen LogP contribution in [0.2, 0.25) is 0 Å². The van der Waals surface area contributed by atoms with E-state index in [4.69, 9.17) is 11.5 Å². The van der Waals surface area contributed by atoms with Crippen LogP contribution in [0, 0.1) is 0 Å². The highest BCUT2D eigenvalue weighted by molar-refractivity contribution is 5.97. The molecule has 0 fully saturated rings. The number of amides is 2. The van der Waals surface area contributed by atoms with Gasteiger partial charge in [0.05, 0.1) is 0 Å². The van der Waals surface area contributed by atoms with Gasteiger partial charge in [0, 0.05) is 24.8 Å². The standard InChI is InChI=1S/C15H16N4O2/c16-11-6-12(18-7-11)15(21)19-8-10-4-2-1-3-9(10)5-13(19)14(17)20/h1-4,6-7,13,18H,5,8,16H2,(H2,17,20)/t13-/m0/s1. The number of nitrogens with two attached hydrogens (primary N) is 2. The van der Waals surface area contributed by atoms with Crippen molar-refractivity contribution in [2.24, 2.45) is 5.73 Å². The molecule has 108 valence electrons. The molecule has 0 saturated carbocycles. The minimum absolute atomic E-state index is 0.273. The molecule has 0 spiro atoms. The van der Waals surface area contributed by atoms with Gasteiger partial charge in [0.15, 0.2) is 0 Å². The zero-order valence-corrected chi connectivity index (χ0v) is 11.4. The van der Waals surface area contributed by atoms with Gasteiger partial charge < -0.3 is 21.4 Å². The van der Waals surface area contributed by atoms with Crippen LogP contribution in [0.1, 0.15) is 21.6 Å². The number of carbonyl (C=O) groups excluding carboxylic acids is 2. The maximum Gasteiger partial charge on any atom is 0.271 e. The van der Waals surface area contributed by atoms with E-state index in [0.717, 1.165) is 11.1 Å². The SMILES string of the molecule is NC(=O)[C@@H]1Cc2ccccc2CN1C(=O)c1cc(N)c[nH]1. The Morgan fingerprint density at radius 3 is 2.57 bits per heavy atom. The fourth-order valence-corrected chi connectivity index (χ4v) is 2.68. The van der Waals surface area contributed by atoms with Crippen molar-refractivity contribution in [1.29, 1.82) is 0 Å². The molecular formula is C15H16N4O2. The Balaban J connectivity index is 1.96. The second-order valence-electron chi connectivity index (χ2n) is 5.17. The summed E-state index contributed by atoms with van der Waals surface area (Å²) in [5.41, 5.74) is 14.0. The molecule has 2 heterocycles. The van der Waals surface area contributed by atoms with E-state index in [1.54, 1.807) is 12.3 Å². The number of nitrogens with one attached hydrogen (secondary N) is 1. The second kappa shape index (κ2) is 4.97. The fraction of sp³-hybridized carbons (Fsp3) is 0.200. The van der Waals surface area contributed by atoms with Crippen LogP contribution in [0.25, 0.3) is 0 Å². The number of H-pyrrole nitrogens is 1. The van der Waals surface area contributed by atoms with Gasteiger partial charge in [0.1, 0.15) is 11.7 Å². The number of benzene rings is 1. The summed E-state index contributed by atoms with van der Waals surface area (Å²) in [6.07, 6.45) is 1.98. The van der Waals surface area contributed by atoms with Crippen LogP contribution < -0.4 is 11.5 Å². The smallest absolute Gasteiger partial charge is 0.271 e. The zero-order valence-electron chi connectivity index (χ0n) is 11.4. The molecule has 0 unspecified atom stereocenters. The minimum Gasteiger partial charge on any atom is -0.397 e. The topological polar surface area (TPSA) is 105 Å². The lowest BCUT2D eigenvalue weighted by Gasteiger charge is -2.34. The maximum absolute atomic E-state index is 12.6. The molecular weight excluding hydrogens is 268 g/mol. The van der Waals surface area contributed by atoms with E-state index >= 15 is 0 Å². The molecule has 6 nitrogen and oxygen atoms in total. The molecule has 0 radical (unpaired) electrons.